The Bertz CT molecular complexity index is 1090. The average molecular weight is 537 g/mol. The van der Waals surface area contributed by atoms with Crippen molar-refractivity contribution in [1.82, 2.24) is 4.98 Å². The zero-order chi connectivity index (χ0) is 26.4. The van der Waals surface area contributed by atoms with Crippen molar-refractivity contribution < 1.29 is 58.8 Å². The van der Waals surface area contributed by atoms with Crippen LogP contribution >= 0.6 is 31.6 Å². The maximum atomic E-state index is 11.1. The lowest BCUT2D eigenvalue weighted by Gasteiger charge is -2.29. The molecule has 0 saturated heterocycles. The van der Waals surface area contributed by atoms with Crippen LogP contribution < -0.4 is 0 Å². The molecule has 0 fully saturated rings. The van der Waals surface area contributed by atoms with Crippen molar-refractivity contribution in [2.45, 2.75) is 31.3 Å². The summed E-state index contributed by atoms with van der Waals surface area (Å²) in [6.07, 6.45) is -0.757. The summed E-state index contributed by atoms with van der Waals surface area (Å²) in [7, 11) is -5.20. The smallest absolute Gasteiger partial charge is 0.333 e. The van der Waals surface area contributed by atoms with E-state index in [1.165, 1.54) is 11.3 Å². The average Bonchev–Trinajstić information content (AvgIpc) is 3.12. The number of hydrogen-bond acceptors (Lipinski definition) is 8. The van der Waals surface area contributed by atoms with Gasteiger partial charge in [-0.2, -0.15) is 0 Å². The first-order chi connectivity index (χ1) is 15.6. The van der Waals surface area contributed by atoms with Gasteiger partial charge >= 0.3 is 31.5 Å². The maximum Gasteiger partial charge on any atom is 0.333 e. The molecule has 34 heavy (non-hydrogen) atoms. The first-order valence-corrected chi connectivity index (χ1v) is 12.1. The van der Waals surface area contributed by atoms with Crippen LogP contribution in [-0.2, 0) is 28.5 Å². The lowest BCUT2D eigenvalue weighted by Crippen LogP contribution is -2.54. The van der Waals surface area contributed by atoms with Gasteiger partial charge in [-0.3, -0.25) is 28.5 Å². The highest BCUT2D eigenvalue weighted by atomic mass is 32.1. The van der Waals surface area contributed by atoms with E-state index in [1.807, 2.05) is 24.3 Å². The number of aromatic nitrogens is 1. The molecule has 186 valence electrons. The summed E-state index contributed by atoms with van der Waals surface area (Å²) in [5.74, 6) is -8.93. The Morgan fingerprint density at radius 2 is 1.53 bits per heavy atom. The predicted octanol–water partition coefficient (Wildman–Crippen LogP) is 1.49. The molecular formula is C18H20NO12PS2. The first kappa shape index (κ1) is 29.2. The summed E-state index contributed by atoms with van der Waals surface area (Å²) in [6.45, 7) is 1.09. The second kappa shape index (κ2) is 11.5. The number of benzene rings is 1. The summed E-state index contributed by atoms with van der Waals surface area (Å²) in [5, 5.41) is 35.3. The number of fused-ring (bicyclic) bond motifs is 1. The monoisotopic (exact) mass is 537 g/mol. The molecule has 0 aliphatic heterocycles. The van der Waals surface area contributed by atoms with Gasteiger partial charge in [-0.05, 0) is 18.6 Å². The summed E-state index contributed by atoms with van der Waals surface area (Å²) < 4.78 is 11.9. The van der Waals surface area contributed by atoms with Crippen molar-refractivity contribution in [3.05, 3.63) is 29.3 Å². The molecule has 0 amide bonds. The quantitative estimate of drug-likeness (QED) is 0.129. The van der Waals surface area contributed by atoms with Crippen LogP contribution in [0.25, 0.3) is 10.2 Å². The molecule has 1 aromatic heterocycles. The SMILES string of the molecule is CCC(C(C(=O)O)(C(=O)O)C(=O)O)P(=O)(O)O.O=C(S)CC(C(=O)O)c1nc2ccccc2s1. The van der Waals surface area contributed by atoms with Gasteiger partial charge in [-0.25, -0.2) is 4.98 Å². The van der Waals surface area contributed by atoms with Crippen molar-refractivity contribution in [3.8, 4) is 0 Å². The number of carbonyl (C=O) groups is 5. The van der Waals surface area contributed by atoms with Gasteiger partial charge in [-0.15, -0.1) is 24.0 Å². The number of aliphatic carboxylic acids is 4. The second-order valence-electron chi connectivity index (χ2n) is 6.75. The summed E-state index contributed by atoms with van der Waals surface area (Å²) in [5.41, 5.74) is -5.15. The van der Waals surface area contributed by atoms with Crippen LogP contribution in [0.3, 0.4) is 0 Å². The maximum absolute atomic E-state index is 11.1. The van der Waals surface area contributed by atoms with Gasteiger partial charge in [0.25, 0.3) is 5.41 Å². The topological polar surface area (TPSA) is 237 Å². The number of rotatable bonds is 10. The number of thiazole rings is 1. The van der Waals surface area contributed by atoms with E-state index in [2.05, 4.69) is 17.6 Å². The van der Waals surface area contributed by atoms with Crippen molar-refractivity contribution in [2.24, 2.45) is 5.41 Å². The van der Waals surface area contributed by atoms with Crippen LogP contribution in [0.2, 0.25) is 0 Å². The van der Waals surface area contributed by atoms with Crippen LogP contribution in [0, 0.1) is 5.41 Å². The minimum Gasteiger partial charge on any atom is -0.481 e. The molecule has 2 unspecified atom stereocenters. The van der Waals surface area contributed by atoms with E-state index < -0.39 is 60.0 Å². The van der Waals surface area contributed by atoms with Gasteiger partial charge in [0.05, 0.1) is 15.9 Å². The molecule has 2 aromatic rings. The number of hydrogen-bond donors (Lipinski definition) is 7. The normalized spacial score (nSPS) is 13.3. The third-order valence-corrected chi connectivity index (χ3v) is 7.49. The fourth-order valence-electron chi connectivity index (χ4n) is 2.99. The number of carboxylic acid groups (broad SMARTS) is 4. The van der Waals surface area contributed by atoms with E-state index >= 15 is 0 Å². The Morgan fingerprint density at radius 1 is 1.03 bits per heavy atom. The summed E-state index contributed by atoms with van der Waals surface area (Å²) in [6, 6.07) is 7.39. The Balaban J connectivity index is 0.000000340. The highest BCUT2D eigenvalue weighted by molar-refractivity contribution is 7.96. The molecule has 0 saturated carbocycles. The lowest BCUT2D eigenvalue weighted by atomic mass is 9.83. The van der Waals surface area contributed by atoms with E-state index in [0.29, 0.717) is 5.01 Å². The molecule has 2 atom stereocenters. The van der Waals surface area contributed by atoms with Crippen molar-refractivity contribution >= 4 is 70.8 Å². The number of nitrogens with zero attached hydrogens (tertiary/aromatic N) is 1. The van der Waals surface area contributed by atoms with E-state index in [4.69, 9.17) is 30.2 Å². The summed E-state index contributed by atoms with van der Waals surface area (Å²) in [4.78, 5) is 76.6. The van der Waals surface area contributed by atoms with Gasteiger partial charge in [0.2, 0.25) is 0 Å². The summed E-state index contributed by atoms with van der Waals surface area (Å²) >= 11 is 4.92. The largest absolute Gasteiger partial charge is 0.481 e. The van der Waals surface area contributed by atoms with Crippen molar-refractivity contribution in [2.75, 3.05) is 0 Å². The van der Waals surface area contributed by atoms with Gasteiger partial charge in [0.15, 0.2) is 5.12 Å². The molecule has 1 heterocycles. The first-order valence-electron chi connectivity index (χ1n) is 9.16. The minimum absolute atomic E-state index is 0.141. The molecule has 13 nitrogen and oxygen atoms in total. The van der Waals surface area contributed by atoms with Gasteiger partial charge in [-0.1, -0.05) is 19.1 Å². The minimum atomic E-state index is -5.20. The molecule has 1 aromatic carbocycles. The Hall–Kier alpha value is -2.84. The molecule has 16 heteroatoms. The molecule has 0 aliphatic carbocycles. The van der Waals surface area contributed by atoms with Crippen LogP contribution in [0.4, 0.5) is 0 Å². The van der Waals surface area contributed by atoms with Crippen LogP contribution in [0.1, 0.15) is 30.7 Å². The van der Waals surface area contributed by atoms with Crippen LogP contribution in [0.5, 0.6) is 0 Å². The van der Waals surface area contributed by atoms with E-state index in [9.17, 15) is 28.5 Å². The fraction of sp³-hybridized carbons (Fsp3) is 0.333. The Morgan fingerprint density at radius 3 is 1.85 bits per heavy atom. The zero-order valence-corrected chi connectivity index (χ0v) is 19.9. The van der Waals surface area contributed by atoms with E-state index in [-0.39, 0.29) is 6.42 Å². The molecular weight excluding hydrogens is 517 g/mol. The predicted molar refractivity (Wildman–Crippen MR) is 120 cm³/mol. The molecule has 0 aliphatic rings. The highest BCUT2D eigenvalue weighted by Crippen LogP contribution is 2.52. The van der Waals surface area contributed by atoms with Gasteiger partial charge in [0, 0.05) is 6.42 Å². The standard InChI is InChI=1S/C11H9NO3S2.C7H11O9P/c13-9(16)5-6(11(14)15)10-12-7-3-1-2-4-8(7)17-10;1-2-3(17(14,15)16)7(4(8)9,5(10)11)6(12)13/h1-4,6H,5H2,(H,13,16)(H,14,15);3H,2H2,1H3,(H,8,9)(H,10,11)(H,12,13)(H2,14,15,16). The number of para-hydroxylation sites is 1. The number of thiol groups is 1. The van der Waals surface area contributed by atoms with E-state index in [1.54, 1.807) is 0 Å². The molecule has 0 spiro atoms. The van der Waals surface area contributed by atoms with Crippen LogP contribution in [-0.4, -0.2) is 69.8 Å². The zero-order valence-electron chi connectivity index (χ0n) is 17.3. The fourth-order valence-corrected chi connectivity index (χ4v) is 5.55. The Labute approximate surface area is 200 Å². The molecule has 6 N–H and O–H groups in total. The second-order valence-corrected chi connectivity index (χ2v) is 10.1. The van der Waals surface area contributed by atoms with E-state index in [0.717, 1.165) is 17.1 Å². The highest BCUT2D eigenvalue weighted by Gasteiger charge is 2.64. The van der Waals surface area contributed by atoms with Crippen molar-refractivity contribution in [3.63, 3.8) is 0 Å². The third kappa shape index (κ3) is 6.39. The number of carbonyl (C=O) groups excluding carboxylic acids is 1. The molecule has 2 rings (SSSR count). The van der Waals surface area contributed by atoms with Crippen LogP contribution in [0.15, 0.2) is 24.3 Å². The van der Waals surface area contributed by atoms with Crippen molar-refractivity contribution in [1.29, 1.82) is 0 Å². The Kier molecular flexibility index (Phi) is 9.90. The lowest BCUT2D eigenvalue weighted by molar-refractivity contribution is -0.176. The number of carboxylic acids is 4. The molecule has 0 radical (unpaired) electrons. The van der Waals surface area contributed by atoms with Gasteiger partial charge < -0.3 is 30.2 Å². The third-order valence-electron chi connectivity index (χ3n) is 4.59. The molecule has 0 bridgehead atoms. The van der Waals surface area contributed by atoms with Gasteiger partial charge in [0.1, 0.15) is 10.9 Å².